The van der Waals surface area contributed by atoms with E-state index in [0.29, 0.717) is 17.7 Å². The Morgan fingerprint density at radius 2 is 1.47 bits per heavy atom. The Morgan fingerprint density at radius 1 is 0.938 bits per heavy atom. The molecule has 0 N–H and O–H groups in total. The van der Waals surface area contributed by atoms with Crippen LogP contribution in [0.2, 0.25) is 0 Å². The summed E-state index contributed by atoms with van der Waals surface area (Å²) in [5.41, 5.74) is 2.51. The van der Waals surface area contributed by atoms with Gasteiger partial charge in [0.05, 0.1) is 10.8 Å². The number of ether oxygens (including phenoxy) is 1. The number of benzene rings is 1. The van der Waals surface area contributed by atoms with E-state index >= 15 is 0 Å². The summed E-state index contributed by atoms with van der Waals surface area (Å²) in [4.78, 5) is 27.5. The molecule has 1 atom stereocenters. The molecule has 0 bridgehead atoms. The highest BCUT2D eigenvalue weighted by Crippen LogP contribution is 2.29. The summed E-state index contributed by atoms with van der Waals surface area (Å²) in [5, 5.41) is 0. The summed E-state index contributed by atoms with van der Waals surface area (Å²) in [6, 6.07) is 3.76. The van der Waals surface area contributed by atoms with Crippen molar-refractivity contribution in [3.05, 3.63) is 28.8 Å². The van der Waals surface area contributed by atoms with E-state index in [-0.39, 0.29) is 24.9 Å². The van der Waals surface area contributed by atoms with Crippen molar-refractivity contribution in [1.29, 1.82) is 0 Å². The number of hydrogen-bond donors (Lipinski definition) is 0. The number of sulfonamides is 1. The predicted octanol–water partition coefficient (Wildman–Crippen LogP) is 3.35. The molecule has 2 aliphatic heterocycles. The largest absolute Gasteiger partial charge is 0.452 e. The highest BCUT2D eigenvalue weighted by Gasteiger charge is 2.35. The Bertz CT molecular complexity index is 920. The maximum Gasteiger partial charge on any atom is 0.309 e. The van der Waals surface area contributed by atoms with Crippen molar-refractivity contribution >= 4 is 21.9 Å². The maximum absolute atomic E-state index is 13.2. The van der Waals surface area contributed by atoms with Crippen molar-refractivity contribution in [2.75, 3.05) is 26.2 Å². The van der Waals surface area contributed by atoms with Crippen molar-refractivity contribution in [1.82, 2.24) is 9.21 Å². The van der Waals surface area contributed by atoms with Crippen LogP contribution in [0.3, 0.4) is 0 Å². The van der Waals surface area contributed by atoms with E-state index in [1.807, 2.05) is 32.9 Å². The van der Waals surface area contributed by atoms with Crippen LogP contribution in [0.5, 0.6) is 0 Å². The van der Waals surface area contributed by atoms with Crippen molar-refractivity contribution in [3.63, 3.8) is 0 Å². The zero-order valence-electron chi connectivity index (χ0n) is 19.7. The van der Waals surface area contributed by atoms with Gasteiger partial charge in [0.15, 0.2) is 6.10 Å². The number of aryl methyl sites for hydroxylation is 3. The van der Waals surface area contributed by atoms with Crippen LogP contribution in [0.15, 0.2) is 17.0 Å². The molecule has 1 unspecified atom stereocenters. The molecule has 1 aromatic carbocycles. The quantitative estimate of drug-likeness (QED) is 0.624. The molecule has 2 heterocycles. The first kappa shape index (κ1) is 24.7. The summed E-state index contributed by atoms with van der Waals surface area (Å²) in [5.74, 6) is -0.924. The van der Waals surface area contributed by atoms with E-state index in [1.165, 1.54) is 4.31 Å². The smallest absolute Gasteiger partial charge is 0.309 e. The van der Waals surface area contributed by atoms with Gasteiger partial charge in [-0.25, -0.2) is 8.42 Å². The normalized spacial score (nSPS) is 19.9. The van der Waals surface area contributed by atoms with E-state index in [1.54, 1.807) is 11.8 Å². The topological polar surface area (TPSA) is 84.0 Å². The zero-order valence-corrected chi connectivity index (χ0v) is 20.5. The van der Waals surface area contributed by atoms with Crippen molar-refractivity contribution in [2.24, 2.45) is 5.92 Å². The summed E-state index contributed by atoms with van der Waals surface area (Å²) < 4.78 is 33.5. The molecular formula is C24H36N2O5S. The fourth-order valence-electron chi connectivity index (χ4n) is 4.90. The Kier molecular flexibility index (Phi) is 7.98. The van der Waals surface area contributed by atoms with Gasteiger partial charge in [-0.1, -0.05) is 30.5 Å². The van der Waals surface area contributed by atoms with Gasteiger partial charge < -0.3 is 9.64 Å². The average Bonchev–Trinajstić information content (AvgIpc) is 3.01. The van der Waals surface area contributed by atoms with Gasteiger partial charge >= 0.3 is 5.97 Å². The molecule has 8 heteroatoms. The molecule has 32 heavy (non-hydrogen) atoms. The van der Waals surface area contributed by atoms with Gasteiger partial charge in [0.1, 0.15) is 0 Å². The van der Waals surface area contributed by atoms with E-state index in [4.69, 9.17) is 4.74 Å². The van der Waals surface area contributed by atoms with E-state index in [2.05, 4.69) is 0 Å². The third kappa shape index (κ3) is 5.52. The molecule has 178 valence electrons. The van der Waals surface area contributed by atoms with Crippen LogP contribution in [0, 0.1) is 26.7 Å². The van der Waals surface area contributed by atoms with E-state index in [9.17, 15) is 18.0 Å². The van der Waals surface area contributed by atoms with Crippen molar-refractivity contribution in [3.8, 4) is 0 Å². The molecular weight excluding hydrogens is 428 g/mol. The number of nitrogens with zero attached hydrogens (tertiary/aromatic N) is 2. The summed E-state index contributed by atoms with van der Waals surface area (Å²) >= 11 is 0. The molecule has 0 spiro atoms. The minimum absolute atomic E-state index is 0.134. The van der Waals surface area contributed by atoms with Gasteiger partial charge in [-0.3, -0.25) is 9.59 Å². The second-order valence-electron chi connectivity index (χ2n) is 9.22. The van der Waals surface area contributed by atoms with Crippen molar-refractivity contribution in [2.45, 2.75) is 77.2 Å². The minimum Gasteiger partial charge on any atom is -0.452 e. The van der Waals surface area contributed by atoms with Crippen LogP contribution in [-0.2, 0) is 24.3 Å². The lowest BCUT2D eigenvalue weighted by Gasteiger charge is -2.32. The summed E-state index contributed by atoms with van der Waals surface area (Å²) in [7, 11) is -3.62. The second kappa shape index (κ2) is 10.3. The number of carbonyl (C=O) groups excluding carboxylic acids is 2. The molecule has 7 nitrogen and oxygen atoms in total. The van der Waals surface area contributed by atoms with Gasteiger partial charge in [0.25, 0.3) is 5.91 Å². The number of piperidine rings is 1. The van der Waals surface area contributed by atoms with Gasteiger partial charge in [0, 0.05) is 26.2 Å². The number of amides is 1. The minimum atomic E-state index is -3.62. The summed E-state index contributed by atoms with van der Waals surface area (Å²) in [6.07, 6.45) is 4.21. The molecule has 2 saturated heterocycles. The molecule has 0 radical (unpaired) electrons. The Labute approximate surface area is 192 Å². The fraction of sp³-hybridized carbons (Fsp3) is 0.667. The first-order valence-electron chi connectivity index (χ1n) is 11.7. The molecule has 2 aliphatic rings. The average molecular weight is 465 g/mol. The molecule has 0 saturated carbocycles. The van der Waals surface area contributed by atoms with Gasteiger partial charge in [-0.15, -0.1) is 0 Å². The van der Waals surface area contributed by atoms with Gasteiger partial charge in [-0.05, 0) is 64.5 Å². The molecule has 1 aromatic rings. The van der Waals surface area contributed by atoms with Crippen LogP contribution in [0.1, 0.15) is 62.1 Å². The number of likely N-dealkylation sites (tertiary alicyclic amines) is 1. The lowest BCUT2D eigenvalue weighted by atomic mass is 9.98. The number of carbonyl (C=O) groups is 2. The van der Waals surface area contributed by atoms with E-state index in [0.717, 1.165) is 55.5 Å². The fourth-order valence-corrected chi connectivity index (χ4v) is 6.79. The standard InChI is InChI=1S/C24H36N2O5S/c1-17-15-18(2)22(19(3)16-17)32(29,30)26-13-9-21(10-14-26)24(28)31-20(4)23(27)25-11-7-5-6-8-12-25/h15-16,20-21H,5-14H2,1-4H3. The number of esters is 1. The van der Waals surface area contributed by atoms with Crippen LogP contribution in [0.25, 0.3) is 0 Å². The highest BCUT2D eigenvalue weighted by atomic mass is 32.2. The molecule has 0 aliphatic carbocycles. The van der Waals surface area contributed by atoms with Crippen molar-refractivity contribution < 1.29 is 22.7 Å². The monoisotopic (exact) mass is 464 g/mol. The maximum atomic E-state index is 13.2. The highest BCUT2D eigenvalue weighted by molar-refractivity contribution is 7.89. The van der Waals surface area contributed by atoms with Gasteiger partial charge in [0.2, 0.25) is 10.0 Å². The van der Waals surface area contributed by atoms with Crippen LogP contribution in [0.4, 0.5) is 0 Å². The van der Waals surface area contributed by atoms with Gasteiger partial charge in [-0.2, -0.15) is 4.31 Å². The van der Waals surface area contributed by atoms with Crippen LogP contribution < -0.4 is 0 Å². The first-order valence-corrected chi connectivity index (χ1v) is 13.1. The molecule has 0 aromatic heterocycles. The Hall–Kier alpha value is -1.93. The molecule has 3 rings (SSSR count). The Balaban J connectivity index is 1.58. The summed E-state index contributed by atoms with van der Waals surface area (Å²) in [6.45, 7) is 9.19. The molecule has 2 fully saturated rings. The predicted molar refractivity (Wildman–Crippen MR) is 123 cm³/mol. The Morgan fingerprint density at radius 3 is 2.00 bits per heavy atom. The van der Waals surface area contributed by atoms with Crippen LogP contribution in [-0.4, -0.2) is 61.8 Å². The number of rotatable bonds is 5. The lowest BCUT2D eigenvalue weighted by Crippen LogP contribution is -2.44. The third-order valence-electron chi connectivity index (χ3n) is 6.55. The molecule has 1 amide bonds. The van der Waals surface area contributed by atoms with E-state index < -0.39 is 22.1 Å². The SMILES string of the molecule is Cc1cc(C)c(S(=O)(=O)N2CCC(C(=O)OC(C)C(=O)N3CCCCCC3)CC2)c(C)c1. The third-order valence-corrected chi connectivity index (χ3v) is 8.75. The number of hydrogen-bond acceptors (Lipinski definition) is 5. The first-order chi connectivity index (χ1) is 15.1. The zero-order chi connectivity index (χ0) is 23.5. The lowest BCUT2D eigenvalue weighted by molar-refractivity contribution is -0.163. The second-order valence-corrected chi connectivity index (χ2v) is 11.1. The van der Waals surface area contributed by atoms with Crippen LogP contribution >= 0.6 is 0 Å².